The molecule has 44 heavy (non-hydrogen) atoms. The number of rotatable bonds is 6. The second-order valence-corrected chi connectivity index (χ2v) is 12.3. The van der Waals surface area contributed by atoms with Crippen molar-refractivity contribution in [3.8, 4) is 11.1 Å². The van der Waals surface area contributed by atoms with E-state index in [1.54, 1.807) is 36.4 Å². The van der Waals surface area contributed by atoms with Crippen molar-refractivity contribution in [2.45, 2.75) is 24.5 Å². The molecule has 6 rings (SSSR count). The van der Waals surface area contributed by atoms with Gasteiger partial charge in [-0.15, -0.1) is 0 Å². The summed E-state index contributed by atoms with van der Waals surface area (Å²) in [5.74, 6) is -1.42. The van der Waals surface area contributed by atoms with Crippen LogP contribution in [0.1, 0.15) is 16.7 Å². The largest absolute Gasteiger partial charge is 0.419 e. The Kier molecular flexibility index (Phi) is 7.54. The second kappa shape index (κ2) is 11.2. The molecule has 0 N–H and O–H groups in total. The van der Waals surface area contributed by atoms with Crippen LogP contribution in [-0.4, -0.2) is 48.2 Å². The molecule has 5 aromatic rings. The fourth-order valence-corrected chi connectivity index (χ4v) is 6.69. The molecule has 0 saturated carbocycles. The van der Waals surface area contributed by atoms with E-state index >= 15 is 0 Å². The molecule has 0 radical (unpaired) electrons. The van der Waals surface area contributed by atoms with E-state index in [-0.39, 0.29) is 22.7 Å². The molecule has 0 bridgehead atoms. The number of hydrogen-bond donors (Lipinski definition) is 0. The Morgan fingerprint density at radius 2 is 1.77 bits per heavy atom. The topological polar surface area (TPSA) is 86.4 Å². The first-order chi connectivity index (χ1) is 20.9. The van der Waals surface area contributed by atoms with Gasteiger partial charge < -0.3 is 14.2 Å². The minimum absolute atomic E-state index is 0.0814. The van der Waals surface area contributed by atoms with Gasteiger partial charge in [0, 0.05) is 54.4 Å². The van der Waals surface area contributed by atoms with Gasteiger partial charge in [0.2, 0.25) is 0 Å². The lowest BCUT2D eigenvalue weighted by molar-refractivity contribution is -0.140. The van der Waals surface area contributed by atoms with Crippen LogP contribution in [0.3, 0.4) is 0 Å². The summed E-state index contributed by atoms with van der Waals surface area (Å²) < 4.78 is 88.6. The first-order valence-electron chi connectivity index (χ1n) is 13.6. The van der Waals surface area contributed by atoms with E-state index < -0.39 is 33.1 Å². The normalized spacial score (nSPS) is 14.3. The first-order valence-corrected chi connectivity index (χ1v) is 15.1. The molecule has 0 spiro atoms. The van der Waals surface area contributed by atoms with E-state index in [1.807, 2.05) is 6.92 Å². The number of hydrogen-bond acceptors (Lipinski definition) is 6. The molecule has 1 saturated heterocycles. The molecule has 1 fully saturated rings. The van der Waals surface area contributed by atoms with Crippen molar-refractivity contribution in [2.75, 3.05) is 31.2 Å². The highest BCUT2D eigenvalue weighted by Crippen LogP contribution is 2.34. The molecule has 8 nitrogen and oxygen atoms in total. The van der Waals surface area contributed by atoms with Crippen LogP contribution in [0.15, 0.2) is 88.9 Å². The number of morpholine rings is 1. The fraction of sp³-hybridized carbons (Fsp3) is 0.226. The average molecular weight is 627 g/mol. The van der Waals surface area contributed by atoms with E-state index in [0.717, 1.165) is 27.4 Å². The van der Waals surface area contributed by atoms with Gasteiger partial charge in [-0.2, -0.15) is 13.2 Å². The van der Waals surface area contributed by atoms with Gasteiger partial charge in [0.1, 0.15) is 5.82 Å². The van der Waals surface area contributed by atoms with Crippen LogP contribution in [-0.2, 0) is 27.5 Å². The maximum Gasteiger partial charge on any atom is 0.419 e. The highest BCUT2D eigenvalue weighted by Gasteiger charge is 2.34. The monoisotopic (exact) mass is 626 g/mol. The quantitative estimate of drug-likeness (QED) is 0.233. The molecule has 0 unspecified atom stereocenters. The van der Waals surface area contributed by atoms with Crippen LogP contribution >= 0.6 is 0 Å². The number of benzene rings is 2. The Hall–Kier alpha value is -4.49. The summed E-state index contributed by atoms with van der Waals surface area (Å²) in [6.45, 7) is 4.13. The van der Waals surface area contributed by atoms with Crippen LogP contribution in [0.25, 0.3) is 22.2 Å². The number of pyridine rings is 2. The van der Waals surface area contributed by atoms with E-state index in [0.29, 0.717) is 48.9 Å². The van der Waals surface area contributed by atoms with Gasteiger partial charge in [-0.25, -0.2) is 21.8 Å². The van der Waals surface area contributed by atoms with Crippen molar-refractivity contribution in [1.29, 1.82) is 0 Å². The number of fused-ring (bicyclic) bond motifs is 1. The standard InChI is InChI=1S/C31H26F4N4O4S/c1-20-4-6-23(17-28(20)37-11-13-43-14-12-37)44(41,42)39-19-25(24-3-2-9-36-30(24)39)22-8-10-38(29(40)16-22)18-21-5-7-26(27(32)15-21)31(33,34)35/h2-10,15-17,19H,11-14,18H2,1H3. The minimum atomic E-state index is -4.83. The van der Waals surface area contributed by atoms with Gasteiger partial charge in [-0.1, -0.05) is 12.1 Å². The summed E-state index contributed by atoms with van der Waals surface area (Å²) in [7, 11) is -4.11. The van der Waals surface area contributed by atoms with Crippen molar-refractivity contribution < 1.29 is 30.7 Å². The van der Waals surface area contributed by atoms with Crippen molar-refractivity contribution in [3.05, 3.63) is 112 Å². The molecule has 0 atom stereocenters. The Morgan fingerprint density at radius 3 is 2.48 bits per heavy atom. The predicted octanol–water partition coefficient (Wildman–Crippen LogP) is 5.45. The van der Waals surface area contributed by atoms with Gasteiger partial charge in [-0.05, 0) is 66.1 Å². The lowest BCUT2D eigenvalue weighted by Gasteiger charge is -2.30. The molecule has 1 aliphatic rings. The lowest BCUT2D eigenvalue weighted by Crippen LogP contribution is -2.36. The summed E-state index contributed by atoms with van der Waals surface area (Å²) in [6.07, 6.45) is -0.498. The highest BCUT2D eigenvalue weighted by molar-refractivity contribution is 7.90. The second-order valence-electron chi connectivity index (χ2n) is 10.5. The fourth-order valence-electron chi connectivity index (χ4n) is 5.34. The van der Waals surface area contributed by atoms with Gasteiger partial charge in [0.25, 0.3) is 15.6 Å². The van der Waals surface area contributed by atoms with Crippen LogP contribution in [0.2, 0.25) is 0 Å². The van der Waals surface area contributed by atoms with Gasteiger partial charge in [-0.3, -0.25) is 4.79 Å². The Morgan fingerprint density at radius 1 is 1.00 bits per heavy atom. The molecular formula is C31H26F4N4O4S. The smallest absolute Gasteiger partial charge is 0.378 e. The molecule has 0 amide bonds. The SMILES string of the molecule is Cc1ccc(S(=O)(=O)n2cc(-c3ccn(Cc4ccc(C(F)(F)F)c(F)c4)c(=O)c3)c3cccnc32)cc1N1CCOCC1. The Labute approximate surface area is 249 Å². The predicted molar refractivity (Wildman–Crippen MR) is 157 cm³/mol. The van der Waals surface area contributed by atoms with E-state index in [9.17, 15) is 30.8 Å². The number of aromatic nitrogens is 3. The van der Waals surface area contributed by atoms with Crippen LogP contribution in [0, 0.1) is 12.7 Å². The van der Waals surface area contributed by atoms with E-state index in [1.165, 1.54) is 29.2 Å². The third kappa shape index (κ3) is 5.48. The van der Waals surface area contributed by atoms with E-state index in [2.05, 4.69) is 9.88 Å². The lowest BCUT2D eigenvalue weighted by atomic mass is 10.1. The molecular weight excluding hydrogens is 600 g/mol. The average Bonchev–Trinajstić information content (AvgIpc) is 3.39. The maximum absolute atomic E-state index is 14.1. The van der Waals surface area contributed by atoms with Gasteiger partial charge >= 0.3 is 6.18 Å². The van der Waals surface area contributed by atoms with Crippen molar-refractivity contribution >= 4 is 26.7 Å². The molecule has 4 heterocycles. The molecule has 3 aromatic heterocycles. The zero-order chi connectivity index (χ0) is 31.2. The number of anilines is 1. The minimum Gasteiger partial charge on any atom is -0.378 e. The Bertz CT molecular complexity index is 2050. The summed E-state index contributed by atoms with van der Waals surface area (Å²) in [4.78, 5) is 19.5. The van der Waals surface area contributed by atoms with Crippen molar-refractivity contribution in [1.82, 2.24) is 13.5 Å². The van der Waals surface area contributed by atoms with Gasteiger partial charge in [0.15, 0.2) is 5.65 Å². The molecule has 0 aliphatic carbocycles. The number of ether oxygens (including phenoxy) is 1. The Balaban J connectivity index is 1.36. The third-order valence-corrected chi connectivity index (χ3v) is 9.27. The first kappa shape index (κ1) is 29.6. The highest BCUT2D eigenvalue weighted by atomic mass is 32.2. The number of aryl methyl sites for hydroxylation is 1. The third-order valence-electron chi connectivity index (χ3n) is 7.62. The molecule has 13 heteroatoms. The summed E-state index contributed by atoms with van der Waals surface area (Å²) in [5.41, 5.74) is 1.05. The van der Waals surface area contributed by atoms with Crippen molar-refractivity contribution in [3.63, 3.8) is 0 Å². The van der Waals surface area contributed by atoms with Gasteiger partial charge in [0.05, 0.1) is 30.2 Å². The number of halogens is 4. The van der Waals surface area contributed by atoms with Crippen LogP contribution in [0.5, 0.6) is 0 Å². The zero-order valence-electron chi connectivity index (χ0n) is 23.4. The number of nitrogens with zero attached hydrogens (tertiary/aromatic N) is 4. The maximum atomic E-state index is 14.1. The zero-order valence-corrected chi connectivity index (χ0v) is 24.2. The molecule has 1 aliphatic heterocycles. The van der Waals surface area contributed by atoms with Crippen LogP contribution < -0.4 is 10.5 Å². The molecule has 228 valence electrons. The molecule has 2 aromatic carbocycles. The van der Waals surface area contributed by atoms with Crippen molar-refractivity contribution in [2.24, 2.45) is 0 Å². The van der Waals surface area contributed by atoms with E-state index in [4.69, 9.17) is 4.74 Å². The summed E-state index contributed by atoms with van der Waals surface area (Å²) in [6, 6.07) is 13.7. The summed E-state index contributed by atoms with van der Waals surface area (Å²) >= 11 is 0. The van der Waals surface area contributed by atoms with Crippen LogP contribution in [0.4, 0.5) is 23.2 Å². The summed E-state index contributed by atoms with van der Waals surface area (Å²) in [5, 5.41) is 0.499. The number of alkyl halides is 3.